The molecule has 0 fully saturated rings. The fraction of sp³-hybridized carbons (Fsp3) is 0.455. The first-order valence-corrected chi connectivity index (χ1v) is 7.83. The van der Waals surface area contributed by atoms with Crippen molar-refractivity contribution in [3.63, 3.8) is 0 Å². The Morgan fingerprint density at radius 3 is 2.47 bits per heavy atom. The van der Waals surface area contributed by atoms with Crippen LogP contribution in [0.5, 0.6) is 0 Å². The minimum absolute atomic E-state index is 0.0886. The van der Waals surface area contributed by atoms with Crippen molar-refractivity contribution in [1.29, 1.82) is 0 Å². The number of nitrogens with one attached hydrogen (secondary N) is 1. The first kappa shape index (κ1) is 14.6. The van der Waals surface area contributed by atoms with Gasteiger partial charge in [0.05, 0.1) is 16.5 Å². The SMILES string of the molecule is CCS(=O)(=O)CCNc1cc(Cl)c(C)cc1Cl. The number of hydrogen-bond donors (Lipinski definition) is 1. The minimum atomic E-state index is -2.96. The largest absolute Gasteiger partial charge is 0.383 e. The number of aryl methyl sites for hydroxylation is 1. The molecular weight excluding hydrogens is 281 g/mol. The van der Waals surface area contributed by atoms with E-state index in [1.807, 2.05) is 6.92 Å². The molecular formula is C11H15Cl2NO2S. The van der Waals surface area contributed by atoms with Gasteiger partial charge in [-0.25, -0.2) is 8.42 Å². The zero-order chi connectivity index (χ0) is 13.1. The van der Waals surface area contributed by atoms with Gasteiger partial charge in [0.25, 0.3) is 0 Å². The van der Waals surface area contributed by atoms with Gasteiger partial charge in [-0.3, -0.25) is 0 Å². The summed E-state index contributed by atoms with van der Waals surface area (Å²) in [5.74, 6) is 0.238. The monoisotopic (exact) mass is 295 g/mol. The van der Waals surface area contributed by atoms with Crippen LogP contribution >= 0.6 is 23.2 Å². The molecule has 96 valence electrons. The third-order valence-electron chi connectivity index (χ3n) is 2.42. The van der Waals surface area contributed by atoms with E-state index in [0.717, 1.165) is 5.56 Å². The molecule has 6 heteroatoms. The fourth-order valence-corrected chi connectivity index (χ4v) is 2.42. The van der Waals surface area contributed by atoms with Crippen molar-refractivity contribution in [3.05, 3.63) is 27.7 Å². The average molecular weight is 296 g/mol. The first-order valence-electron chi connectivity index (χ1n) is 5.25. The van der Waals surface area contributed by atoms with Crippen LogP contribution in [0, 0.1) is 6.92 Å². The second kappa shape index (κ2) is 5.94. The van der Waals surface area contributed by atoms with Crippen molar-refractivity contribution in [2.24, 2.45) is 0 Å². The molecule has 0 bridgehead atoms. The Morgan fingerprint density at radius 2 is 1.88 bits per heavy atom. The van der Waals surface area contributed by atoms with Crippen LogP contribution in [0.25, 0.3) is 0 Å². The maximum absolute atomic E-state index is 11.3. The van der Waals surface area contributed by atoms with Gasteiger partial charge >= 0.3 is 0 Å². The lowest BCUT2D eigenvalue weighted by Gasteiger charge is -2.10. The molecule has 0 aliphatic carbocycles. The van der Waals surface area contributed by atoms with E-state index in [4.69, 9.17) is 23.2 Å². The predicted octanol–water partition coefficient (Wildman–Crippen LogP) is 3.15. The summed E-state index contributed by atoms with van der Waals surface area (Å²) in [6.45, 7) is 3.82. The summed E-state index contributed by atoms with van der Waals surface area (Å²) in [4.78, 5) is 0. The van der Waals surface area contributed by atoms with E-state index in [1.165, 1.54) is 0 Å². The lowest BCUT2D eigenvalue weighted by molar-refractivity contribution is 0.597. The molecule has 3 nitrogen and oxygen atoms in total. The van der Waals surface area contributed by atoms with Crippen LogP contribution in [0.3, 0.4) is 0 Å². The molecule has 0 aliphatic rings. The van der Waals surface area contributed by atoms with Gasteiger partial charge in [-0.1, -0.05) is 30.1 Å². The molecule has 0 saturated carbocycles. The van der Waals surface area contributed by atoms with Crippen LogP contribution in [-0.4, -0.2) is 26.5 Å². The lowest BCUT2D eigenvalue weighted by Crippen LogP contribution is -2.17. The lowest BCUT2D eigenvalue weighted by atomic mass is 10.2. The first-order chi connectivity index (χ1) is 7.85. The normalized spacial score (nSPS) is 11.5. The van der Waals surface area contributed by atoms with Gasteiger partial charge in [0, 0.05) is 17.3 Å². The molecule has 0 aliphatic heterocycles. The van der Waals surface area contributed by atoms with E-state index in [1.54, 1.807) is 19.1 Å². The van der Waals surface area contributed by atoms with E-state index in [9.17, 15) is 8.42 Å². The van der Waals surface area contributed by atoms with Gasteiger partial charge in [-0.15, -0.1) is 0 Å². The van der Waals surface area contributed by atoms with E-state index in [2.05, 4.69) is 5.32 Å². The molecule has 17 heavy (non-hydrogen) atoms. The maximum atomic E-state index is 11.3. The summed E-state index contributed by atoms with van der Waals surface area (Å²) >= 11 is 12.0. The number of hydrogen-bond acceptors (Lipinski definition) is 3. The highest BCUT2D eigenvalue weighted by Gasteiger charge is 2.08. The van der Waals surface area contributed by atoms with Crippen molar-refractivity contribution in [2.45, 2.75) is 13.8 Å². The van der Waals surface area contributed by atoms with Gasteiger partial charge < -0.3 is 5.32 Å². The molecule has 1 N–H and O–H groups in total. The standard InChI is InChI=1S/C11H15Cl2NO2S/c1-3-17(15,16)5-4-14-11-7-9(12)8(2)6-10(11)13/h6-7,14H,3-5H2,1-2H3. The molecule has 0 atom stereocenters. The van der Waals surface area contributed by atoms with Gasteiger partial charge in [-0.2, -0.15) is 0 Å². The Kier molecular flexibility index (Phi) is 5.10. The topological polar surface area (TPSA) is 46.2 Å². The number of sulfone groups is 1. The van der Waals surface area contributed by atoms with Crippen LogP contribution in [0.4, 0.5) is 5.69 Å². The van der Waals surface area contributed by atoms with Crippen LogP contribution in [0.1, 0.15) is 12.5 Å². The van der Waals surface area contributed by atoms with E-state index >= 15 is 0 Å². The van der Waals surface area contributed by atoms with Gasteiger partial charge in [0.15, 0.2) is 9.84 Å². The maximum Gasteiger partial charge on any atom is 0.151 e. The number of rotatable bonds is 5. The quantitative estimate of drug-likeness (QED) is 0.908. The Bertz CT molecular complexity index is 500. The Hall–Kier alpha value is -0.450. The van der Waals surface area contributed by atoms with Crippen LogP contribution in [-0.2, 0) is 9.84 Å². The number of halogens is 2. The summed E-state index contributed by atoms with van der Waals surface area (Å²) in [5, 5.41) is 4.12. The smallest absolute Gasteiger partial charge is 0.151 e. The summed E-state index contributed by atoms with van der Waals surface area (Å²) in [7, 11) is -2.96. The van der Waals surface area contributed by atoms with E-state index in [-0.39, 0.29) is 11.5 Å². The van der Waals surface area contributed by atoms with Crippen molar-refractivity contribution in [1.82, 2.24) is 0 Å². The molecule has 0 radical (unpaired) electrons. The highest BCUT2D eigenvalue weighted by Crippen LogP contribution is 2.28. The Labute approximate surface area is 112 Å². The predicted molar refractivity (Wildman–Crippen MR) is 74.0 cm³/mol. The van der Waals surface area contributed by atoms with Gasteiger partial charge in [-0.05, 0) is 24.6 Å². The summed E-state index contributed by atoms with van der Waals surface area (Å²) in [6.07, 6.45) is 0. The third-order valence-corrected chi connectivity index (χ3v) is 4.84. The number of anilines is 1. The summed E-state index contributed by atoms with van der Waals surface area (Å²) in [5.41, 5.74) is 1.55. The Morgan fingerprint density at radius 1 is 1.24 bits per heavy atom. The van der Waals surface area contributed by atoms with Crippen molar-refractivity contribution in [2.75, 3.05) is 23.4 Å². The average Bonchev–Trinajstić information content (AvgIpc) is 2.25. The summed E-state index contributed by atoms with van der Waals surface area (Å²) in [6, 6.07) is 3.46. The molecule has 1 aromatic carbocycles. The number of benzene rings is 1. The van der Waals surface area contributed by atoms with Crippen molar-refractivity contribution >= 4 is 38.7 Å². The van der Waals surface area contributed by atoms with E-state index < -0.39 is 9.84 Å². The summed E-state index contributed by atoms with van der Waals surface area (Å²) < 4.78 is 22.6. The molecule has 1 rings (SSSR count). The second-order valence-electron chi connectivity index (χ2n) is 3.74. The molecule has 0 saturated heterocycles. The zero-order valence-electron chi connectivity index (χ0n) is 9.76. The van der Waals surface area contributed by atoms with E-state index in [0.29, 0.717) is 22.3 Å². The molecule has 0 amide bonds. The third kappa shape index (κ3) is 4.37. The minimum Gasteiger partial charge on any atom is -0.383 e. The highest BCUT2D eigenvalue weighted by atomic mass is 35.5. The zero-order valence-corrected chi connectivity index (χ0v) is 12.1. The van der Waals surface area contributed by atoms with Gasteiger partial charge in [0.1, 0.15) is 0 Å². The van der Waals surface area contributed by atoms with Crippen LogP contribution < -0.4 is 5.32 Å². The molecule has 1 aromatic rings. The van der Waals surface area contributed by atoms with Gasteiger partial charge in [0.2, 0.25) is 0 Å². The Balaban J connectivity index is 2.68. The molecule has 0 aromatic heterocycles. The van der Waals surface area contributed by atoms with Crippen molar-refractivity contribution in [3.8, 4) is 0 Å². The second-order valence-corrected chi connectivity index (χ2v) is 7.03. The fourth-order valence-electron chi connectivity index (χ4n) is 1.27. The van der Waals surface area contributed by atoms with Crippen LogP contribution in [0.15, 0.2) is 12.1 Å². The molecule has 0 heterocycles. The molecule has 0 unspecified atom stereocenters. The highest BCUT2D eigenvalue weighted by molar-refractivity contribution is 7.91. The van der Waals surface area contributed by atoms with Crippen molar-refractivity contribution < 1.29 is 8.42 Å². The molecule has 0 spiro atoms. The van der Waals surface area contributed by atoms with Crippen LogP contribution in [0.2, 0.25) is 10.0 Å².